The summed E-state index contributed by atoms with van der Waals surface area (Å²) in [6, 6.07) is 2.96. The van der Waals surface area contributed by atoms with Crippen molar-refractivity contribution in [2.24, 2.45) is 17.6 Å². The van der Waals surface area contributed by atoms with Gasteiger partial charge < -0.3 is 52.2 Å². The summed E-state index contributed by atoms with van der Waals surface area (Å²) in [5.74, 6) is -3.51. The highest BCUT2D eigenvalue weighted by molar-refractivity contribution is 7.09. The minimum absolute atomic E-state index is 0.0802. The van der Waals surface area contributed by atoms with E-state index in [0.717, 1.165) is 29.7 Å². The zero-order chi connectivity index (χ0) is 54.2. The van der Waals surface area contributed by atoms with Gasteiger partial charge in [-0.15, -0.1) is 11.3 Å². The predicted octanol–water partition coefficient (Wildman–Crippen LogP) is 4.59. The summed E-state index contributed by atoms with van der Waals surface area (Å²) >= 11 is 1.26. The number of thiazole rings is 1. The summed E-state index contributed by atoms with van der Waals surface area (Å²) in [4.78, 5) is 109. The maximum atomic E-state index is 13.7. The number of likely N-dealkylation sites (N-methyl/N-ethyl adjacent to an activating group) is 2. The van der Waals surface area contributed by atoms with E-state index in [0.29, 0.717) is 42.9 Å². The molecule has 5 unspecified atom stereocenters. The van der Waals surface area contributed by atoms with E-state index < -0.39 is 60.2 Å². The number of allylic oxidation sites excluding steroid dienone is 2. The Morgan fingerprint density at radius 2 is 1.54 bits per heavy atom. The molecule has 8 N–H and O–H groups in total. The molecule has 19 nitrogen and oxygen atoms in total. The molecule has 1 heterocycles. The first kappa shape index (κ1) is 61.7. The first-order valence-corrected chi connectivity index (χ1v) is 25.5. The third-order valence-corrected chi connectivity index (χ3v) is 13.2. The maximum Gasteiger partial charge on any atom is 0.303 e. The number of esters is 1. The van der Waals surface area contributed by atoms with Crippen molar-refractivity contribution in [3.8, 4) is 0 Å². The molecule has 2 aromatic rings. The van der Waals surface area contributed by atoms with Gasteiger partial charge in [0.25, 0.3) is 5.91 Å². The van der Waals surface area contributed by atoms with E-state index in [9.17, 15) is 38.4 Å². The number of anilines is 1. The minimum Gasteiger partial charge on any atom is -0.455 e. The normalized spacial score (nSPS) is 14.1. The van der Waals surface area contributed by atoms with Crippen molar-refractivity contribution in [2.45, 2.75) is 144 Å². The second kappa shape index (κ2) is 31.1. The van der Waals surface area contributed by atoms with Crippen LogP contribution >= 0.6 is 11.3 Å². The number of carbonyl (C=O) groups excluding carboxylic acids is 8. The molecule has 0 radical (unpaired) electrons. The van der Waals surface area contributed by atoms with Gasteiger partial charge in [-0.25, -0.2) is 4.98 Å². The van der Waals surface area contributed by atoms with Crippen LogP contribution in [0.1, 0.15) is 127 Å². The van der Waals surface area contributed by atoms with E-state index in [-0.39, 0.29) is 60.4 Å². The minimum atomic E-state index is -1.04. The average Bonchev–Trinajstić information content (AvgIpc) is 3.83. The van der Waals surface area contributed by atoms with Crippen LogP contribution in [-0.4, -0.2) is 126 Å². The number of hydrogen-bond acceptors (Lipinski definition) is 13. The van der Waals surface area contributed by atoms with Crippen LogP contribution in [-0.2, 0) is 44.7 Å². The molecule has 0 aliphatic heterocycles. The maximum absolute atomic E-state index is 13.7. The molecule has 398 valence electrons. The molecule has 7 amide bonds. The van der Waals surface area contributed by atoms with Crippen molar-refractivity contribution < 1.29 is 43.1 Å². The molecule has 1 aromatic heterocycles. The number of aromatic nitrogens is 1. The molecule has 0 saturated heterocycles. The number of amides is 7. The van der Waals surface area contributed by atoms with Crippen LogP contribution in [0, 0.1) is 18.8 Å². The van der Waals surface area contributed by atoms with Gasteiger partial charge in [-0.3, -0.25) is 38.4 Å². The molecule has 1 aromatic carbocycles. The Bertz CT molecular complexity index is 2230. The number of ether oxygens (including phenoxy) is 1. The van der Waals surface area contributed by atoms with Crippen molar-refractivity contribution in [1.82, 2.24) is 41.4 Å². The summed E-state index contributed by atoms with van der Waals surface area (Å²) in [6.45, 7) is 23.8. The van der Waals surface area contributed by atoms with Crippen molar-refractivity contribution in [2.75, 3.05) is 39.0 Å². The SMILES string of the molecule is C=C/C=C\C(=O)N(C)CCCC(=O)NCC(=O)NC(C)C(=O)NCC(=O)NC(C)C(=O)Nc1cc(CC(CCC)NC(=O)c2csc(C(CC(C(C)C)N(C)C(=C)[C@@H](N)[C@@H](C)CC)OC(C)=O)n2)ccc1C. The predicted molar refractivity (Wildman–Crippen MR) is 281 cm³/mol. The van der Waals surface area contributed by atoms with Crippen LogP contribution < -0.4 is 37.6 Å². The number of carbonyl (C=O) groups is 8. The van der Waals surface area contributed by atoms with Gasteiger partial charge in [0, 0.05) is 81.4 Å². The Balaban J connectivity index is 1.97. The van der Waals surface area contributed by atoms with Gasteiger partial charge in [-0.2, -0.15) is 0 Å². The van der Waals surface area contributed by atoms with Crippen molar-refractivity contribution in [1.29, 1.82) is 0 Å². The second-order valence-corrected chi connectivity index (χ2v) is 19.5. The summed E-state index contributed by atoms with van der Waals surface area (Å²) in [6.07, 6.45) is 7.31. The standard InChI is InChI=1S/C52H80N10O9S/c1-14-17-21-47(67)61(12)24-18-20-44(64)54-28-45(65)56-34(8)49(68)55-29-46(66)57-35(9)50(69)59-40-26-38(23-22-33(40)7)25-39(19-15-2)58-51(70)41-30-72-52(60-41)43(71-37(11)63)27-42(31(4)5)62(13)36(10)48(53)32(6)16-3/h14,17,21-23,26,30-32,34-35,39,42-43,48H,1,10,15-16,18-20,24-25,27-29,53H2,2-9,11-13H3,(H,54,64)(H,55,68)(H,56,65)(H,57,66)(H,58,70)(H,59,69)/b21-17-/t32-,34?,35?,39?,42?,43?,48-/m0/s1. The van der Waals surface area contributed by atoms with Gasteiger partial charge in [0.05, 0.1) is 13.1 Å². The highest BCUT2D eigenvalue weighted by atomic mass is 32.1. The Hall–Kier alpha value is -6.41. The first-order valence-electron chi connectivity index (χ1n) is 24.6. The fourth-order valence-corrected chi connectivity index (χ4v) is 8.36. The fraction of sp³-hybridized carbons (Fsp3) is 0.558. The lowest BCUT2D eigenvalue weighted by atomic mass is 9.92. The Morgan fingerprint density at radius 3 is 2.14 bits per heavy atom. The Labute approximate surface area is 430 Å². The lowest BCUT2D eigenvalue weighted by molar-refractivity contribution is -0.148. The molecule has 0 fully saturated rings. The molecule has 7 atom stereocenters. The number of nitrogens with one attached hydrogen (secondary N) is 6. The number of benzene rings is 1. The van der Waals surface area contributed by atoms with Gasteiger partial charge in [0.2, 0.25) is 35.4 Å². The van der Waals surface area contributed by atoms with Crippen molar-refractivity contribution >= 4 is 64.3 Å². The first-order chi connectivity index (χ1) is 33.9. The number of aryl methyl sites for hydroxylation is 1. The summed E-state index contributed by atoms with van der Waals surface area (Å²) in [7, 11) is 3.56. The highest BCUT2D eigenvalue weighted by Crippen LogP contribution is 2.32. The van der Waals surface area contributed by atoms with Gasteiger partial charge in [-0.1, -0.05) is 84.9 Å². The largest absolute Gasteiger partial charge is 0.455 e. The van der Waals surface area contributed by atoms with Crippen molar-refractivity contribution in [3.63, 3.8) is 0 Å². The molecular formula is C52H80N10O9S. The lowest BCUT2D eigenvalue weighted by Crippen LogP contribution is -2.51. The number of nitrogens with zero attached hydrogens (tertiary/aromatic N) is 3. The van der Waals surface area contributed by atoms with Gasteiger partial charge in [-0.05, 0) is 69.1 Å². The molecule has 72 heavy (non-hydrogen) atoms. The van der Waals surface area contributed by atoms with E-state index in [4.69, 9.17) is 10.5 Å². The van der Waals surface area contributed by atoms with E-state index >= 15 is 0 Å². The molecular weight excluding hydrogens is 941 g/mol. The molecule has 0 bridgehead atoms. The zero-order valence-electron chi connectivity index (χ0n) is 44.1. The van der Waals surface area contributed by atoms with E-state index in [1.165, 1.54) is 55.2 Å². The smallest absolute Gasteiger partial charge is 0.303 e. The van der Waals surface area contributed by atoms with E-state index in [2.05, 4.69) is 82.6 Å². The van der Waals surface area contributed by atoms with Gasteiger partial charge >= 0.3 is 5.97 Å². The Kier molecular flexibility index (Phi) is 26.7. The summed E-state index contributed by atoms with van der Waals surface area (Å²) in [5, 5.41) is 18.1. The van der Waals surface area contributed by atoms with Crippen molar-refractivity contribution in [3.05, 3.63) is 82.5 Å². The zero-order valence-corrected chi connectivity index (χ0v) is 45.0. The average molecular weight is 1020 g/mol. The molecule has 0 aliphatic rings. The lowest BCUT2D eigenvalue weighted by Gasteiger charge is -2.39. The molecule has 0 saturated carbocycles. The van der Waals surface area contributed by atoms with Crippen LogP contribution in [0.25, 0.3) is 0 Å². The molecule has 2 rings (SSSR count). The summed E-state index contributed by atoms with van der Waals surface area (Å²) < 4.78 is 5.81. The van der Waals surface area contributed by atoms with Crippen LogP contribution in [0.2, 0.25) is 0 Å². The van der Waals surface area contributed by atoms with Gasteiger partial charge in [0.1, 0.15) is 22.8 Å². The molecule has 0 spiro atoms. The van der Waals surface area contributed by atoms with Gasteiger partial charge in [0.15, 0.2) is 6.10 Å². The third-order valence-electron chi connectivity index (χ3n) is 12.2. The van der Waals surface area contributed by atoms with E-state index in [1.54, 1.807) is 12.4 Å². The second-order valence-electron chi connectivity index (χ2n) is 18.6. The van der Waals surface area contributed by atoms with Crippen LogP contribution in [0.5, 0.6) is 0 Å². The summed E-state index contributed by atoms with van der Waals surface area (Å²) in [5.41, 5.74) is 9.69. The highest BCUT2D eigenvalue weighted by Gasteiger charge is 2.31. The quantitative estimate of drug-likeness (QED) is 0.0311. The number of hydrogen-bond donors (Lipinski definition) is 7. The topological polar surface area (TPSA) is 263 Å². The number of nitrogens with two attached hydrogens (primary N) is 1. The van der Waals surface area contributed by atoms with Crippen LogP contribution in [0.15, 0.2) is 60.7 Å². The third kappa shape index (κ3) is 21.1. The molecule has 20 heteroatoms. The van der Waals surface area contributed by atoms with Crippen LogP contribution in [0.3, 0.4) is 0 Å². The van der Waals surface area contributed by atoms with Crippen LogP contribution in [0.4, 0.5) is 5.69 Å². The monoisotopic (exact) mass is 1020 g/mol. The Morgan fingerprint density at radius 1 is 0.903 bits per heavy atom. The molecule has 0 aliphatic carbocycles. The van der Waals surface area contributed by atoms with E-state index in [1.807, 2.05) is 39.1 Å². The number of rotatable bonds is 31. The fourth-order valence-electron chi connectivity index (χ4n) is 7.52.